The molecule has 0 bridgehead atoms. The van der Waals surface area contributed by atoms with Crippen LogP contribution in [0.15, 0.2) is 30.5 Å². The lowest BCUT2D eigenvalue weighted by Gasteiger charge is -2.20. The highest BCUT2D eigenvalue weighted by Gasteiger charge is 2.24. The van der Waals surface area contributed by atoms with Crippen LogP contribution in [-0.2, 0) is 25.5 Å². The Morgan fingerprint density at radius 2 is 1.89 bits per heavy atom. The molecule has 8 nitrogen and oxygen atoms in total. The van der Waals surface area contributed by atoms with Gasteiger partial charge in [-0.15, -0.1) is 0 Å². The summed E-state index contributed by atoms with van der Waals surface area (Å²) >= 11 is 0. The van der Waals surface area contributed by atoms with Gasteiger partial charge in [0.25, 0.3) is 0 Å². The van der Waals surface area contributed by atoms with Gasteiger partial charge >= 0.3 is 12.1 Å². The maximum absolute atomic E-state index is 12.1. The average Bonchev–Trinajstić information content (AvgIpc) is 3.00. The van der Waals surface area contributed by atoms with E-state index >= 15 is 0 Å². The van der Waals surface area contributed by atoms with Crippen molar-refractivity contribution in [1.29, 1.82) is 0 Å². The molecule has 0 aliphatic carbocycles. The van der Waals surface area contributed by atoms with Gasteiger partial charge in [0.2, 0.25) is 5.91 Å². The first-order chi connectivity index (χ1) is 12.7. The number of nitrogens with one attached hydrogen (secondary N) is 3. The van der Waals surface area contributed by atoms with Crippen LogP contribution < -0.4 is 10.6 Å². The number of H-pyrrole nitrogens is 1. The van der Waals surface area contributed by atoms with E-state index in [0.717, 1.165) is 16.5 Å². The highest BCUT2D eigenvalue weighted by atomic mass is 16.6. The third kappa shape index (κ3) is 6.02. The smallest absolute Gasteiger partial charge is 0.408 e. The van der Waals surface area contributed by atoms with Crippen LogP contribution in [0.1, 0.15) is 26.3 Å². The van der Waals surface area contributed by atoms with Gasteiger partial charge in [0, 0.05) is 23.5 Å². The number of ether oxygens (including phenoxy) is 2. The molecule has 0 saturated heterocycles. The number of para-hydroxylation sites is 1. The maximum atomic E-state index is 12.1. The summed E-state index contributed by atoms with van der Waals surface area (Å²) in [5, 5.41) is 5.91. The summed E-state index contributed by atoms with van der Waals surface area (Å²) < 4.78 is 9.86. The minimum absolute atomic E-state index is 0.259. The van der Waals surface area contributed by atoms with E-state index < -0.39 is 29.6 Å². The molecule has 0 spiro atoms. The van der Waals surface area contributed by atoms with E-state index in [0.29, 0.717) is 0 Å². The monoisotopic (exact) mass is 375 g/mol. The van der Waals surface area contributed by atoms with Gasteiger partial charge < -0.3 is 25.1 Å². The van der Waals surface area contributed by atoms with E-state index in [-0.39, 0.29) is 13.0 Å². The minimum Gasteiger partial charge on any atom is -0.467 e. The van der Waals surface area contributed by atoms with Crippen molar-refractivity contribution in [2.45, 2.75) is 38.8 Å². The molecule has 2 aromatic rings. The van der Waals surface area contributed by atoms with Crippen molar-refractivity contribution in [1.82, 2.24) is 15.6 Å². The zero-order chi connectivity index (χ0) is 20.0. The van der Waals surface area contributed by atoms with Gasteiger partial charge in [0.15, 0.2) is 0 Å². The number of carbonyl (C=O) groups is 3. The molecule has 8 heteroatoms. The summed E-state index contributed by atoms with van der Waals surface area (Å²) in [6, 6.07) is 6.79. The van der Waals surface area contributed by atoms with Crippen LogP contribution in [0.5, 0.6) is 0 Å². The molecular weight excluding hydrogens is 350 g/mol. The molecule has 1 heterocycles. The van der Waals surface area contributed by atoms with Crippen molar-refractivity contribution in [3.05, 3.63) is 36.0 Å². The fourth-order valence-corrected chi connectivity index (χ4v) is 2.57. The number of alkyl carbamates (subject to hydrolysis) is 1. The van der Waals surface area contributed by atoms with Crippen molar-refractivity contribution in [3.8, 4) is 0 Å². The van der Waals surface area contributed by atoms with Crippen LogP contribution in [0.25, 0.3) is 10.9 Å². The number of benzene rings is 1. The van der Waals surface area contributed by atoms with Gasteiger partial charge in [-0.1, -0.05) is 18.2 Å². The van der Waals surface area contributed by atoms with Gasteiger partial charge in [-0.05, 0) is 32.4 Å². The highest BCUT2D eigenvalue weighted by molar-refractivity contribution is 5.88. The molecular formula is C19H25N3O5. The summed E-state index contributed by atoms with van der Waals surface area (Å²) in [5.41, 5.74) is 1.15. The SMILES string of the molecule is COC(=O)[C@@H](Cc1c[nH]c2ccccc12)NC(=O)CNC(=O)OC(C)(C)C. The van der Waals surface area contributed by atoms with E-state index in [1.807, 2.05) is 24.3 Å². The molecule has 2 amide bonds. The number of amides is 2. The molecule has 146 valence electrons. The summed E-state index contributed by atoms with van der Waals surface area (Å²) in [6.45, 7) is 4.86. The third-order valence-corrected chi connectivity index (χ3v) is 3.71. The summed E-state index contributed by atoms with van der Waals surface area (Å²) in [7, 11) is 1.26. The standard InChI is InChI=1S/C19H25N3O5/c1-19(2,3)27-18(25)21-11-16(23)22-15(17(24)26-4)9-12-10-20-14-8-6-5-7-13(12)14/h5-8,10,15,20H,9,11H2,1-4H3,(H,21,25)(H,22,23)/t15-/m1/s1. The molecule has 2 rings (SSSR count). The molecule has 27 heavy (non-hydrogen) atoms. The average molecular weight is 375 g/mol. The van der Waals surface area contributed by atoms with Gasteiger partial charge in [-0.3, -0.25) is 4.79 Å². The van der Waals surface area contributed by atoms with Crippen molar-refractivity contribution in [2.75, 3.05) is 13.7 Å². The van der Waals surface area contributed by atoms with Gasteiger partial charge in [-0.25, -0.2) is 9.59 Å². The van der Waals surface area contributed by atoms with Crippen molar-refractivity contribution in [3.63, 3.8) is 0 Å². The number of fused-ring (bicyclic) bond motifs is 1. The first-order valence-corrected chi connectivity index (χ1v) is 8.58. The number of methoxy groups -OCH3 is 1. The summed E-state index contributed by atoms with van der Waals surface area (Å²) in [4.78, 5) is 39.0. The Kier molecular flexibility index (Phi) is 6.44. The Labute approximate surface area is 157 Å². The third-order valence-electron chi connectivity index (χ3n) is 3.71. The van der Waals surface area contributed by atoms with Crippen LogP contribution in [0.3, 0.4) is 0 Å². The normalized spacial score (nSPS) is 12.3. The quantitative estimate of drug-likeness (QED) is 0.668. The van der Waals surface area contributed by atoms with Crippen LogP contribution in [0, 0.1) is 0 Å². The number of aromatic nitrogens is 1. The second kappa shape index (κ2) is 8.57. The first kappa shape index (κ1) is 20.3. The largest absolute Gasteiger partial charge is 0.467 e. The van der Waals surface area contributed by atoms with Crippen LogP contribution in [-0.4, -0.2) is 48.3 Å². The predicted octanol–water partition coefficient (Wildman–Crippen LogP) is 1.89. The van der Waals surface area contributed by atoms with Gasteiger partial charge in [0.1, 0.15) is 18.2 Å². The molecule has 1 atom stereocenters. The molecule has 0 fully saturated rings. The van der Waals surface area contributed by atoms with Crippen LogP contribution >= 0.6 is 0 Å². The lowest BCUT2D eigenvalue weighted by Crippen LogP contribution is -2.47. The van der Waals surface area contributed by atoms with Gasteiger partial charge in [-0.2, -0.15) is 0 Å². The molecule has 3 N–H and O–H groups in total. The van der Waals surface area contributed by atoms with Crippen molar-refractivity contribution < 1.29 is 23.9 Å². The van der Waals surface area contributed by atoms with E-state index in [4.69, 9.17) is 9.47 Å². The molecule has 1 aromatic heterocycles. The van der Waals surface area contributed by atoms with E-state index in [9.17, 15) is 14.4 Å². The fourth-order valence-electron chi connectivity index (χ4n) is 2.57. The number of carbonyl (C=O) groups excluding carboxylic acids is 3. The molecule has 0 unspecified atom stereocenters. The first-order valence-electron chi connectivity index (χ1n) is 8.58. The van der Waals surface area contributed by atoms with Crippen LogP contribution in [0.2, 0.25) is 0 Å². The minimum atomic E-state index is -0.873. The molecule has 0 aliphatic rings. The second-order valence-electron chi connectivity index (χ2n) is 7.06. The number of rotatable bonds is 6. The molecule has 1 aromatic carbocycles. The zero-order valence-corrected chi connectivity index (χ0v) is 15.9. The number of hydrogen-bond acceptors (Lipinski definition) is 5. The summed E-state index contributed by atoms with van der Waals surface area (Å²) in [5.74, 6) is -1.08. The number of esters is 1. The Morgan fingerprint density at radius 1 is 1.19 bits per heavy atom. The Balaban J connectivity index is 1.99. The van der Waals surface area contributed by atoms with Crippen molar-refractivity contribution in [2.24, 2.45) is 0 Å². The Hall–Kier alpha value is -3.03. The second-order valence-corrected chi connectivity index (χ2v) is 7.06. The predicted molar refractivity (Wildman–Crippen MR) is 100 cm³/mol. The van der Waals surface area contributed by atoms with Crippen molar-refractivity contribution >= 4 is 28.9 Å². The Morgan fingerprint density at radius 3 is 2.56 bits per heavy atom. The lowest BCUT2D eigenvalue weighted by molar-refractivity contribution is -0.144. The maximum Gasteiger partial charge on any atom is 0.408 e. The topological polar surface area (TPSA) is 110 Å². The van der Waals surface area contributed by atoms with E-state index in [2.05, 4.69) is 15.6 Å². The fraction of sp³-hybridized carbons (Fsp3) is 0.421. The van der Waals surface area contributed by atoms with E-state index in [1.54, 1.807) is 27.0 Å². The molecule has 0 radical (unpaired) electrons. The number of hydrogen-bond donors (Lipinski definition) is 3. The van der Waals surface area contributed by atoms with E-state index in [1.165, 1.54) is 7.11 Å². The summed E-state index contributed by atoms with van der Waals surface area (Å²) in [6.07, 6.45) is 1.35. The molecule has 0 aliphatic heterocycles. The van der Waals surface area contributed by atoms with Crippen LogP contribution in [0.4, 0.5) is 4.79 Å². The highest BCUT2D eigenvalue weighted by Crippen LogP contribution is 2.19. The Bertz CT molecular complexity index is 822. The zero-order valence-electron chi connectivity index (χ0n) is 15.9. The molecule has 0 saturated carbocycles. The lowest BCUT2D eigenvalue weighted by atomic mass is 10.0. The number of aromatic amines is 1. The van der Waals surface area contributed by atoms with Gasteiger partial charge in [0.05, 0.1) is 7.11 Å².